The van der Waals surface area contributed by atoms with E-state index in [0.717, 1.165) is 0 Å². The second-order valence-electron chi connectivity index (χ2n) is 3.80. The average Bonchev–Trinajstić information content (AvgIpc) is 2.35. The maximum Gasteiger partial charge on any atom is 0.257 e. The minimum Gasteiger partial charge on any atom is -0.507 e. The lowest BCUT2D eigenvalue weighted by molar-refractivity contribution is 0.0755. The van der Waals surface area contributed by atoms with Gasteiger partial charge in [-0.1, -0.05) is 15.9 Å². The van der Waals surface area contributed by atoms with Crippen LogP contribution in [0.15, 0.2) is 18.2 Å². The highest BCUT2D eigenvalue weighted by atomic mass is 79.9. The van der Waals surface area contributed by atoms with Crippen molar-refractivity contribution in [3.05, 3.63) is 23.8 Å². The van der Waals surface area contributed by atoms with Crippen molar-refractivity contribution in [1.82, 2.24) is 4.90 Å². The predicted molar refractivity (Wildman–Crippen MR) is 70.0 cm³/mol. The molecule has 0 saturated heterocycles. The van der Waals surface area contributed by atoms with Crippen molar-refractivity contribution in [2.45, 2.75) is 13.0 Å². The lowest BCUT2D eigenvalue weighted by Gasteiger charge is -2.23. The van der Waals surface area contributed by atoms with Gasteiger partial charge in [-0.05, 0) is 19.1 Å². The predicted octanol–water partition coefficient (Wildman–Crippen LogP) is 2.26. The van der Waals surface area contributed by atoms with Crippen molar-refractivity contribution < 1.29 is 14.6 Å². The third-order valence-electron chi connectivity index (χ3n) is 2.64. The molecular weight excluding hydrogens is 286 g/mol. The summed E-state index contributed by atoms with van der Waals surface area (Å²) in [6.07, 6.45) is 0. The Kier molecular flexibility index (Phi) is 4.81. The molecule has 1 amide bonds. The van der Waals surface area contributed by atoms with Crippen LogP contribution in [-0.4, -0.2) is 41.4 Å². The number of rotatable bonds is 4. The van der Waals surface area contributed by atoms with E-state index in [0.29, 0.717) is 11.1 Å². The average molecular weight is 302 g/mol. The van der Waals surface area contributed by atoms with E-state index in [1.54, 1.807) is 24.1 Å². The molecule has 0 fully saturated rings. The molecule has 1 aromatic rings. The molecule has 1 N–H and O–H groups in total. The van der Waals surface area contributed by atoms with Gasteiger partial charge in [-0.3, -0.25) is 4.79 Å². The molecule has 1 unspecified atom stereocenters. The van der Waals surface area contributed by atoms with E-state index in [9.17, 15) is 9.90 Å². The monoisotopic (exact) mass is 301 g/mol. The van der Waals surface area contributed by atoms with E-state index in [4.69, 9.17) is 4.74 Å². The fourth-order valence-corrected chi connectivity index (χ4v) is 1.75. The highest BCUT2D eigenvalue weighted by Gasteiger charge is 2.19. The van der Waals surface area contributed by atoms with E-state index >= 15 is 0 Å². The van der Waals surface area contributed by atoms with Crippen molar-refractivity contribution in [3.63, 3.8) is 0 Å². The lowest BCUT2D eigenvalue weighted by atomic mass is 10.1. The molecule has 0 saturated carbocycles. The van der Waals surface area contributed by atoms with Gasteiger partial charge in [-0.25, -0.2) is 0 Å². The standard InChI is InChI=1S/C12H16BrNO3/c1-8(7-13)14(2)12(16)10-5-4-9(17-3)6-11(10)15/h4-6,8,15H,7H2,1-3H3. The fraction of sp³-hybridized carbons (Fsp3) is 0.417. The summed E-state index contributed by atoms with van der Waals surface area (Å²) in [7, 11) is 3.22. The summed E-state index contributed by atoms with van der Waals surface area (Å²) >= 11 is 3.32. The van der Waals surface area contributed by atoms with Crippen molar-refractivity contribution in [2.75, 3.05) is 19.5 Å². The molecule has 4 nitrogen and oxygen atoms in total. The van der Waals surface area contributed by atoms with E-state index in [-0.39, 0.29) is 23.3 Å². The third-order valence-corrected chi connectivity index (χ3v) is 3.58. The number of hydrogen-bond donors (Lipinski definition) is 1. The Hall–Kier alpha value is -1.23. The summed E-state index contributed by atoms with van der Waals surface area (Å²) in [6, 6.07) is 4.71. The molecule has 0 heterocycles. The number of alkyl halides is 1. The SMILES string of the molecule is COc1ccc(C(=O)N(C)C(C)CBr)c(O)c1. The van der Waals surface area contributed by atoms with Crippen LogP contribution in [0.5, 0.6) is 11.5 Å². The smallest absolute Gasteiger partial charge is 0.257 e. The van der Waals surface area contributed by atoms with Crippen LogP contribution in [0.3, 0.4) is 0 Å². The largest absolute Gasteiger partial charge is 0.507 e. The van der Waals surface area contributed by atoms with Gasteiger partial charge in [0.1, 0.15) is 11.5 Å². The molecule has 0 bridgehead atoms. The summed E-state index contributed by atoms with van der Waals surface area (Å²) in [5.74, 6) is 0.246. The highest BCUT2D eigenvalue weighted by molar-refractivity contribution is 9.09. The van der Waals surface area contributed by atoms with Crippen LogP contribution in [0.1, 0.15) is 17.3 Å². The van der Waals surface area contributed by atoms with E-state index in [1.807, 2.05) is 6.92 Å². The van der Waals surface area contributed by atoms with Crippen LogP contribution in [0.2, 0.25) is 0 Å². The second kappa shape index (κ2) is 5.91. The molecule has 17 heavy (non-hydrogen) atoms. The Morgan fingerprint density at radius 1 is 1.59 bits per heavy atom. The molecule has 0 aromatic heterocycles. The molecule has 0 aliphatic rings. The van der Waals surface area contributed by atoms with Crippen LogP contribution < -0.4 is 4.74 Å². The first-order chi connectivity index (χ1) is 8.01. The van der Waals surface area contributed by atoms with E-state index in [1.165, 1.54) is 13.2 Å². The van der Waals surface area contributed by atoms with Gasteiger partial charge in [-0.2, -0.15) is 0 Å². The van der Waals surface area contributed by atoms with Crippen LogP contribution in [-0.2, 0) is 0 Å². The number of aromatic hydroxyl groups is 1. The van der Waals surface area contributed by atoms with E-state index in [2.05, 4.69) is 15.9 Å². The Bertz CT molecular complexity index is 409. The first-order valence-electron chi connectivity index (χ1n) is 5.21. The molecule has 0 spiro atoms. The summed E-state index contributed by atoms with van der Waals surface area (Å²) < 4.78 is 4.97. The zero-order chi connectivity index (χ0) is 13.0. The number of phenols is 1. The number of methoxy groups -OCH3 is 1. The van der Waals surface area contributed by atoms with Crippen LogP contribution in [0, 0.1) is 0 Å². The normalized spacial score (nSPS) is 12.0. The topological polar surface area (TPSA) is 49.8 Å². The highest BCUT2D eigenvalue weighted by Crippen LogP contribution is 2.24. The summed E-state index contributed by atoms with van der Waals surface area (Å²) in [5, 5.41) is 10.4. The molecule has 5 heteroatoms. The number of hydrogen-bond acceptors (Lipinski definition) is 3. The number of phenolic OH excluding ortho intramolecular Hbond substituents is 1. The molecule has 0 radical (unpaired) electrons. The Labute approximate surface area is 109 Å². The van der Waals surface area contributed by atoms with Gasteiger partial charge in [-0.15, -0.1) is 0 Å². The number of nitrogens with zero attached hydrogens (tertiary/aromatic N) is 1. The van der Waals surface area contributed by atoms with Crippen molar-refractivity contribution >= 4 is 21.8 Å². The van der Waals surface area contributed by atoms with Gasteiger partial charge >= 0.3 is 0 Å². The zero-order valence-corrected chi connectivity index (χ0v) is 11.7. The maximum absolute atomic E-state index is 12.1. The minimum absolute atomic E-state index is 0.0593. The molecule has 0 aliphatic heterocycles. The Morgan fingerprint density at radius 2 is 2.24 bits per heavy atom. The van der Waals surface area contributed by atoms with Gasteiger partial charge in [0, 0.05) is 24.5 Å². The van der Waals surface area contributed by atoms with Gasteiger partial charge < -0.3 is 14.7 Å². The molecule has 1 rings (SSSR count). The summed E-state index contributed by atoms with van der Waals surface area (Å²) in [5.41, 5.74) is 0.279. The minimum atomic E-state index is -0.211. The quantitative estimate of drug-likeness (QED) is 0.868. The summed E-state index contributed by atoms with van der Waals surface area (Å²) in [6.45, 7) is 1.92. The van der Waals surface area contributed by atoms with Gasteiger partial charge in [0.25, 0.3) is 5.91 Å². The van der Waals surface area contributed by atoms with Gasteiger partial charge in [0.05, 0.1) is 12.7 Å². The second-order valence-corrected chi connectivity index (χ2v) is 4.45. The Balaban J connectivity index is 2.96. The Morgan fingerprint density at radius 3 is 2.71 bits per heavy atom. The van der Waals surface area contributed by atoms with Crippen LogP contribution >= 0.6 is 15.9 Å². The number of benzene rings is 1. The van der Waals surface area contributed by atoms with Crippen LogP contribution in [0.4, 0.5) is 0 Å². The first kappa shape index (κ1) is 13.8. The van der Waals surface area contributed by atoms with Gasteiger partial charge in [0.2, 0.25) is 0 Å². The molecular formula is C12H16BrNO3. The zero-order valence-electron chi connectivity index (χ0n) is 10.1. The first-order valence-corrected chi connectivity index (χ1v) is 6.33. The van der Waals surface area contributed by atoms with E-state index < -0.39 is 0 Å². The molecule has 94 valence electrons. The third kappa shape index (κ3) is 3.12. The summed E-state index contributed by atoms with van der Waals surface area (Å²) in [4.78, 5) is 13.6. The van der Waals surface area contributed by atoms with Gasteiger partial charge in [0.15, 0.2) is 0 Å². The number of carbonyl (C=O) groups excluding carboxylic acids is 1. The van der Waals surface area contributed by atoms with Crippen molar-refractivity contribution in [3.8, 4) is 11.5 Å². The molecule has 1 atom stereocenters. The maximum atomic E-state index is 12.1. The van der Waals surface area contributed by atoms with Crippen molar-refractivity contribution in [2.24, 2.45) is 0 Å². The molecule has 1 aromatic carbocycles. The fourth-order valence-electron chi connectivity index (χ4n) is 1.31. The van der Waals surface area contributed by atoms with Crippen LogP contribution in [0.25, 0.3) is 0 Å². The number of amides is 1. The number of ether oxygens (including phenoxy) is 1. The number of halogens is 1. The number of carbonyl (C=O) groups is 1. The molecule has 0 aliphatic carbocycles. The van der Waals surface area contributed by atoms with Crippen molar-refractivity contribution in [1.29, 1.82) is 0 Å². The lowest BCUT2D eigenvalue weighted by Crippen LogP contribution is -2.36.